The molecule has 0 aliphatic rings. The van der Waals surface area contributed by atoms with E-state index >= 15 is 0 Å². The number of rotatable bonds is 5. The molecule has 0 N–H and O–H groups in total. The number of sulfonamides is 1. The van der Waals surface area contributed by atoms with Crippen LogP contribution in [0.2, 0.25) is 0 Å². The Bertz CT molecular complexity index is 593. The molecule has 0 amide bonds. The van der Waals surface area contributed by atoms with E-state index in [1.165, 1.54) is 16.4 Å². The third-order valence-electron chi connectivity index (χ3n) is 2.81. The second-order valence-corrected chi connectivity index (χ2v) is 6.30. The second kappa shape index (κ2) is 6.13. The molecule has 0 aliphatic heterocycles. The van der Waals surface area contributed by atoms with E-state index in [2.05, 4.69) is 0 Å². The molecule has 0 heterocycles. The fourth-order valence-electron chi connectivity index (χ4n) is 1.78. The van der Waals surface area contributed by atoms with Gasteiger partial charge in [-0.3, -0.25) is 0 Å². The van der Waals surface area contributed by atoms with E-state index in [9.17, 15) is 12.8 Å². The fraction of sp³-hybridized carbons (Fsp3) is 0.462. The zero-order valence-electron chi connectivity index (χ0n) is 11.2. The van der Waals surface area contributed by atoms with Crippen molar-refractivity contribution in [3.8, 4) is 6.07 Å². The van der Waals surface area contributed by atoms with Crippen molar-refractivity contribution in [2.45, 2.75) is 25.7 Å². The number of halogens is 1. The molecule has 4 nitrogen and oxygen atoms in total. The Morgan fingerprint density at radius 1 is 1.47 bits per heavy atom. The maximum atomic E-state index is 13.0. The predicted molar refractivity (Wildman–Crippen MR) is 70.3 cm³/mol. The first-order valence-corrected chi connectivity index (χ1v) is 7.42. The van der Waals surface area contributed by atoms with Crippen LogP contribution in [-0.2, 0) is 10.0 Å². The van der Waals surface area contributed by atoms with Crippen molar-refractivity contribution < 1.29 is 12.8 Å². The summed E-state index contributed by atoms with van der Waals surface area (Å²) in [4.78, 5) is 0.0842. The molecule has 0 aliphatic carbocycles. The Labute approximate surface area is 113 Å². The molecule has 0 saturated heterocycles. The standard InChI is InChI=1S/C13H17FN2O2S/c1-4-16(9-10(2)8-15)19(17,18)13-6-5-12(14)7-11(13)3/h5-7,10H,4,9H2,1-3H3. The summed E-state index contributed by atoms with van der Waals surface area (Å²) in [6.07, 6.45) is 0. The van der Waals surface area contributed by atoms with E-state index in [1.54, 1.807) is 20.8 Å². The lowest BCUT2D eigenvalue weighted by molar-refractivity contribution is 0.399. The first-order chi connectivity index (χ1) is 8.82. The second-order valence-electron chi connectivity index (χ2n) is 4.40. The molecule has 19 heavy (non-hydrogen) atoms. The third kappa shape index (κ3) is 3.52. The van der Waals surface area contributed by atoms with E-state index in [0.29, 0.717) is 5.56 Å². The molecule has 0 spiro atoms. The van der Waals surface area contributed by atoms with Crippen LogP contribution in [-0.4, -0.2) is 25.8 Å². The summed E-state index contributed by atoms with van der Waals surface area (Å²) in [5.74, 6) is -0.861. The van der Waals surface area contributed by atoms with Crippen LogP contribution < -0.4 is 0 Å². The van der Waals surface area contributed by atoms with Gasteiger partial charge in [0.05, 0.1) is 16.9 Å². The number of benzene rings is 1. The average Bonchev–Trinajstić information content (AvgIpc) is 2.34. The molecule has 0 bridgehead atoms. The summed E-state index contributed by atoms with van der Waals surface area (Å²) in [5, 5.41) is 8.79. The summed E-state index contributed by atoms with van der Waals surface area (Å²) < 4.78 is 39.2. The van der Waals surface area contributed by atoms with Gasteiger partial charge in [-0.05, 0) is 37.6 Å². The highest BCUT2D eigenvalue weighted by Gasteiger charge is 2.26. The molecule has 104 valence electrons. The molecule has 1 aromatic rings. The van der Waals surface area contributed by atoms with Gasteiger partial charge in [0.15, 0.2) is 0 Å². The lowest BCUT2D eigenvalue weighted by Gasteiger charge is -2.22. The molecule has 0 saturated carbocycles. The van der Waals surface area contributed by atoms with E-state index in [-0.39, 0.29) is 18.0 Å². The van der Waals surface area contributed by atoms with Crippen LogP contribution in [0.1, 0.15) is 19.4 Å². The minimum atomic E-state index is -3.69. The van der Waals surface area contributed by atoms with Crippen LogP contribution >= 0.6 is 0 Å². The number of hydrogen-bond donors (Lipinski definition) is 0. The molecule has 0 aromatic heterocycles. The highest BCUT2D eigenvalue weighted by Crippen LogP contribution is 2.21. The summed E-state index contributed by atoms with van der Waals surface area (Å²) in [7, 11) is -3.69. The zero-order valence-corrected chi connectivity index (χ0v) is 12.0. The minimum Gasteiger partial charge on any atom is -0.207 e. The SMILES string of the molecule is CCN(CC(C)C#N)S(=O)(=O)c1ccc(F)cc1C. The Balaban J connectivity index is 3.18. The summed E-state index contributed by atoms with van der Waals surface area (Å²) in [6, 6.07) is 5.59. The number of nitrogens with zero attached hydrogens (tertiary/aromatic N) is 2. The largest absolute Gasteiger partial charge is 0.243 e. The van der Waals surface area contributed by atoms with Gasteiger partial charge in [-0.15, -0.1) is 0 Å². The maximum absolute atomic E-state index is 13.0. The number of hydrogen-bond acceptors (Lipinski definition) is 3. The quantitative estimate of drug-likeness (QED) is 0.833. The summed E-state index contributed by atoms with van der Waals surface area (Å²) in [6.45, 7) is 5.32. The fourth-order valence-corrected chi connectivity index (χ4v) is 3.53. The molecule has 1 unspecified atom stereocenters. The highest BCUT2D eigenvalue weighted by atomic mass is 32.2. The predicted octanol–water partition coefficient (Wildman–Crippen LogP) is 2.30. The monoisotopic (exact) mass is 284 g/mol. The molecule has 1 atom stereocenters. The van der Waals surface area contributed by atoms with Crippen molar-refractivity contribution >= 4 is 10.0 Å². The van der Waals surface area contributed by atoms with Crippen LogP contribution in [0, 0.1) is 30.0 Å². The Morgan fingerprint density at radius 2 is 2.11 bits per heavy atom. The van der Waals surface area contributed by atoms with E-state index in [0.717, 1.165) is 6.07 Å². The first kappa shape index (κ1) is 15.6. The maximum Gasteiger partial charge on any atom is 0.243 e. The van der Waals surface area contributed by atoms with E-state index in [1.807, 2.05) is 6.07 Å². The summed E-state index contributed by atoms with van der Waals surface area (Å²) >= 11 is 0. The van der Waals surface area contributed by atoms with Crippen LogP contribution in [0.25, 0.3) is 0 Å². The van der Waals surface area contributed by atoms with Gasteiger partial charge >= 0.3 is 0 Å². The Hall–Kier alpha value is -1.45. The molecular formula is C13H17FN2O2S. The van der Waals surface area contributed by atoms with Crippen molar-refractivity contribution in [3.63, 3.8) is 0 Å². The molecule has 6 heteroatoms. The lowest BCUT2D eigenvalue weighted by Crippen LogP contribution is -2.34. The average molecular weight is 284 g/mol. The van der Waals surface area contributed by atoms with Gasteiger partial charge in [0.25, 0.3) is 0 Å². The Kier molecular flexibility index (Phi) is 5.04. The van der Waals surface area contributed by atoms with Crippen LogP contribution in [0.5, 0.6) is 0 Å². The number of aryl methyl sites for hydroxylation is 1. The van der Waals surface area contributed by atoms with Crippen LogP contribution in [0.3, 0.4) is 0 Å². The zero-order chi connectivity index (χ0) is 14.6. The van der Waals surface area contributed by atoms with Gasteiger partial charge in [-0.1, -0.05) is 6.92 Å². The first-order valence-electron chi connectivity index (χ1n) is 5.98. The molecule has 0 fully saturated rings. The van der Waals surface area contributed by atoms with Gasteiger partial charge in [-0.2, -0.15) is 9.57 Å². The highest BCUT2D eigenvalue weighted by molar-refractivity contribution is 7.89. The van der Waals surface area contributed by atoms with Gasteiger partial charge < -0.3 is 0 Å². The van der Waals surface area contributed by atoms with Crippen molar-refractivity contribution in [3.05, 3.63) is 29.6 Å². The van der Waals surface area contributed by atoms with Crippen molar-refractivity contribution in [1.82, 2.24) is 4.31 Å². The van der Waals surface area contributed by atoms with Crippen LogP contribution in [0.4, 0.5) is 4.39 Å². The molecule has 1 rings (SSSR count). The van der Waals surface area contributed by atoms with Crippen molar-refractivity contribution in [2.24, 2.45) is 5.92 Å². The smallest absolute Gasteiger partial charge is 0.207 e. The minimum absolute atomic E-state index is 0.0842. The normalized spacial score (nSPS) is 13.3. The van der Waals surface area contributed by atoms with Gasteiger partial charge in [0.2, 0.25) is 10.0 Å². The van der Waals surface area contributed by atoms with Gasteiger partial charge in [0, 0.05) is 13.1 Å². The lowest BCUT2D eigenvalue weighted by atomic mass is 10.2. The topological polar surface area (TPSA) is 61.2 Å². The molecule has 0 radical (unpaired) electrons. The van der Waals surface area contributed by atoms with Crippen LogP contribution in [0.15, 0.2) is 23.1 Å². The van der Waals surface area contributed by atoms with Gasteiger partial charge in [-0.25, -0.2) is 12.8 Å². The van der Waals surface area contributed by atoms with Crippen molar-refractivity contribution in [1.29, 1.82) is 5.26 Å². The Morgan fingerprint density at radius 3 is 2.58 bits per heavy atom. The number of nitriles is 1. The molecular weight excluding hydrogens is 267 g/mol. The van der Waals surface area contributed by atoms with E-state index in [4.69, 9.17) is 5.26 Å². The van der Waals surface area contributed by atoms with Crippen molar-refractivity contribution in [2.75, 3.05) is 13.1 Å². The summed E-state index contributed by atoms with van der Waals surface area (Å²) in [5.41, 5.74) is 0.364. The third-order valence-corrected chi connectivity index (χ3v) is 4.91. The molecule has 1 aromatic carbocycles. The van der Waals surface area contributed by atoms with E-state index < -0.39 is 21.8 Å². The van der Waals surface area contributed by atoms with Gasteiger partial charge in [0.1, 0.15) is 5.82 Å².